The third kappa shape index (κ3) is 3.27. The van der Waals surface area contributed by atoms with Crippen LogP contribution in [-0.4, -0.2) is 10.9 Å². The second-order valence-corrected chi connectivity index (χ2v) is 6.50. The van der Waals surface area contributed by atoms with Gasteiger partial charge in [-0.3, -0.25) is 10.1 Å². The number of halogens is 1. The summed E-state index contributed by atoms with van der Waals surface area (Å²) in [4.78, 5) is 16.8. The van der Waals surface area contributed by atoms with Crippen LogP contribution >= 0.6 is 11.3 Å². The van der Waals surface area contributed by atoms with Crippen LogP contribution in [-0.2, 0) is 0 Å². The minimum Gasteiger partial charge on any atom is -0.457 e. The molecule has 0 atom stereocenters. The Kier molecular flexibility index (Phi) is 4.33. The van der Waals surface area contributed by atoms with Crippen LogP contribution in [0.15, 0.2) is 72.8 Å². The third-order valence-corrected chi connectivity index (χ3v) is 4.63. The number of hydrogen-bond donors (Lipinski definition) is 1. The zero-order valence-corrected chi connectivity index (χ0v) is 14.3. The quantitative estimate of drug-likeness (QED) is 0.522. The number of hydrogen-bond acceptors (Lipinski definition) is 4. The Balaban J connectivity index is 1.61. The Bertz CT molecular complexity index is 1080. The van der Waals surface area contributed by atoms with Crippen LogP contribution in [0.2, 0.25) is 0 Å². The van der Waals surface area contributed by atoms with Crippen molar-refractivity contribution in [2.45, 2.75) is 0 Å². The van der Waals surface area contributed by atoms with Gasteiger partial charge in [0.05, 0.1) is 10.3 Å². The van der Waals surface area contributed by atoms with Gasteiger partial charge in [0, 0.05) is 0 Å². The first-order chi connectivity index (χ1) is 12.7. The number of benzene rings is 3. The van der Waals surface area contributed by atoms with Crippen LogP contribution in [0.5, 0.6) is 11.5 Å². The van der Waals surface area contributed by atoms with Crippen LogP contribution < -0.4 is 10.1 Å². The van der Waals surface area contributed by atoms with E-state index in [1.165, 1.54) is 17.4 Å². The third-order valence-electron chi connectivity index (χ3n) is 3.69. The van der Waals surface area contributed by atoms with Crippen LogP contribution in [0.4, 0.5) is 9.52 Å². The van der Waals surface area contributed by atoms with Crippen molar-refractivity contribution in [2.24, 2.45) is 0 Å². The van der Waals surface area contributed by atoms with Crippen molar-refractivity contribution in [2.75, 3.05) is 5.32 Å². The molecule has 0 saturated heterocycles. The van der Waals surface area contributed by atoms with Crippen LogP contribution in [0.25, 0.3) is 10.2 Å². The molecule has 0 radical (unpaired) electrons. The number of nitrogens with one attached hydrogen (secondary N) is 1. The second-order valence-electron chi connectivity index (χ2n) is 5.47. The lowest BCUT2D eigenvalue weighted by atomic mass is 10.2. The fraction of sp³-hybridized carbons (Fsp3) is 0. The molecule has 0 aliphatic rings. The van der Waals surface area contributed by atoms with Gasteiger partial charge < -0.3 is 4.74 Å². The maximum atomic E-state index is 13.8. The lowest BCUT2D eigenvalue weighted by Crippen LogP contribution is -2.12. The highest BCUT2D eigenvalue weighted by atomic mass is 32.1. The standard InChI is InChI=1S/C20H13FN2O2S/c21-15-10-6-12-17-18(15)22-20(26-17)23-19(24)14-9-4-5-11-16(14)25-13-7-2-1-3-8-13/h1-12H,(H,22,23,24). The molecule has 4 rings (SSSR count). The number of aromatic nitrogens is 1. The number of nitrogens with zero attached hydrogens (tertiary/aromatic N) is 1. The van der Waals surface area contributed by atoms with Crippen molar-refractivity contribution in [3.63, 3.8) is 0 Å². The second kappa shape index (κ2) is 6.93. The zero-order chi connectivity index (χ0) is 17.9. The van der Waals surface area contributed by atoms with E-state index < -0.39 is 5.82 Å². The number of carbonyl (C=O) groups is 1. The molecule has 4 aromatic rings. The lowest BCUT2D eigenvalue weighted by Gasteiger charge is -2.10. The first-order valence-corrected chi connectivity index (χ1v) is 8.71. The molecular formula is C20H13FN2O2S. The SMILES string of the molecule is O=C(Nc1nc2c(F)cccc2s1)c1ccccc1Oc1ccccc1. The number of amides is 1. The van der Waals surface area contributed by atoms with E-state index in [1.807, 2.05) is 30.3 Å². The fourth-order valence-electron chi connectivity index (χ4n) is 2.49. The average Bonchev–Trinajstić information content (AvgIpc) is 3.07. The van der Waals surface area contributed by atoms with E-state index in [1.54, 1.807) is 36.4 Å². The number of fused-ring (bicyclic) bond motifs is 1. The topological polar surface area (TPSA) is 51.2 Å². The molecule has 3 aromatic carbocycles. The van der Waals surface area contributed by atoms with Crippen molar-refractivity contribution >= 4 is 32.6 Å². The number of anilines is 1. The highest BCUT2D eigenvalue weighted by molar-refractivity contribution is 7.22. The number of ether oxygens (including phenoxy) is 1. The predicted molar refractivity (Wildman–Crippen MR) is 100 cm³/mol. The number of rotatable bonds is 4. The molecule has 1 N–H and O–H groups in total. The van der Waals surface area contributed by atoms with Gasteiger partial charge in [0.15, 0.2) is 5.13 Å². The van der Waals surface area contributed by atoms with Crippen molar-refractivity contribution in [3.05, 3.63) is 84.2 Å². The number of carbonyl (C=O) groups excluding carboxylic acids is 1. The summed E-state index contributed by atoms with van der Waals surface area (Å²) in [7, 11) is 0. The molecule has 1 heterocycles. The highest BCUT2D eigenvalue weighted by Gasteiger charge is 2.16. The first kappa shape index (κ1) is 16.2. The summed E-state index contributed by atoms with van der Waals surface area (Å²) in [6, 6.07) is 20.9. The summed E-state index contributed by atoms with van der Waals surface area (Å²) < 4.78 is 20.3. The van der Waals surface area contributed by atoms with E-state index in [2.05, 4.69) is 10.3 Å². The van der Waals surface area contributed by atoms with E-state index in [0.29, 0.717) is 26.9 Å². The smallest absolute Gasteiger partial charge is 0.261 e. The normalized spacial score (nSPS) is 10.7. The van der Waals surface area contributed by atoms with Crippen molar-refractivity contribution in [1.82, 2.24) is 4.98 Å². The molecule has 0 aliphatic heterocycles. The van der Waals surface area contributed by atoms with Crippen molar-refractivity contribution in [1.29, 1.82) is 0 Å². The molecule has 4 nitrogen and oxygen atoms in total. The minimum atomic E-state index is -0.410. The summed E-state index contributed by atoms with van der Waals surface area (Å²) in [5, 5.41) is 3.06. The number of para-hydroxylation sites is 3. The van der Waals surface area contributed by atoms with Gasteiger partial charge in [-0.1, -0.05) is 47.7 Å². The summed E-state index contributed by atoms with van der Waals surface area (Å²) in [6.45, 7) is 0. The van der Waals surface area contributed by atoms with Crippen LogP contribution in [0, 0.1) is 5.82 Å². The Labute approximate surface area is 152 Å². The van der Waals surface area contributed by atoms with Gasteiger partial charge >= 0.3 is 0 Å². The van der Waals surface area contributed by atoms with E-state index in [9.17, 15) is 9.18 Å². The molecule has 0 spiro atoms. The monoisotopic (exact) mass is 364 g/mol. The van der Waals surface area contributed by atoms with E-state index in [4.69, 9.17) is 4.74 Å². The number of thiazole rings is 1. The predicted octanol–water partition coefficient (Wildman–Crippen LogP) is 5.48. The lowest BCUT2D eigenvalue weighted by molar-refractivity contribution is 0.102. The van der Waals surface area contributed by atoms with Gasteiger partial charge in [-0.25, -0.2) is 9.37 Å². The highest BCUT2D eigenvalue weighted by Crippen LogP contribution is 2.29. The van der Waals surface area contributed by atoms with Gasteiger partial charge in [-0.05, 0) is 36.4 Å². The zero-order valence-electron chi connectivity index (χ0n) is 13.5. The summed E-state index contributed by atoms with van der Waals surface area (Å²) in [5.74, 6) is 0.293. The molecule has 1 amide bonds. The molecule has 0 aliphatic carbocycles. The Hall–Kier alpha value is -3.25. The van der Waals surface area contributed by atoms with Gasteiger partial charge in [0.2, 0.25) is 0 Å². The maximum Gasteiger partial charge on any atom is 0.261 e. The largest absolute Gasteiger partial charge is 0.457 e. The van der Waals surface area contributed by atoms with Crippen LogP contribution in [0.3, 0.4) is 0 Å². The molecule has 0 unspecified atom stereocenters. The molecule has 26 heavy (non-hydrogen) atoms. The average molecular weight is 364 g/mol. The Morgan fingerprint density at radius 2 is 1.73 bits per heavy atom. The molecule has 128 valence electrons. The molecule has 0 fully saturated rings. The van der Waals surface area contributed by atoms with E-state index in [0.717, 1.165) is 0 Å². The summed E-state index contributed by atoms with van der Waals surface area (Å²) in [5.41, 5.74) is 0.623. The summed E-state index contributed by atoms with van der Waals surface area (Å²) in [6.07, 6.45) is 0. The van der Waals surface area contributed by atoms with Crippen LogP contribution in [0.1, 0.15) is 10.4 Å². The molecular weight excluding hydrogens is 351 g/mol. The van der Waals surface area contributed by atoms with Gasteiger partial charge in [0.1, 0.15) is 22.8 Å². The molecule has 1 aromatic heterocycles. The molecule has 0 saturated carbocycles. The Morgan fingerprint density at radius 3 is 2.54 bits per heavy atom. The van der Waals surface area contributed by atoms with Gasteiger partial charge in [-0.2, -0.15) is 0 Å². The Morgan fingerprint density at radius 1 is 0.962 bits per heavy atom. The molecule has 0 bridgehead atoms. The van der Waals surface area contributed by atoms with Crippen molar-refractivity contribution in [3.8, 4) is 11.5 Å². The fourth-order valence-corrected chi connectivity index (χ4v) is 3.37. The molecule has 6 heteroatoms. The first-order valence-electron chi connectivity index (χ1n) is 7.89. The maximum absolute atomic E-state index is 13.8. The minimum absolute atomic E-state index is 0.252. The summed E-state index contributed by atoms with van der Waals surface area (Å²) >= 11 is 1.22. The van der Waals surface area contributed by atoms with Gasteiger partial charge in [-0.15, -0.1) is 0 Å². The van der Waals surface area contributed by atoms with E-state index >= 15 is 0 Å². The van der Waals surface area contributed by atoms with E-state index in [-0.39, 0.29) is 11.4 Å². The van der Waals surface area contributed by atoms with Gasteiger partial charge in [0.25, 0.3) is 5.91 Å². The van der Waals surface area contributed by atoms with Crippen molar-refractivity contribution < 1.29 is 13.9 Å².